The number of aliphatic imine (C=N–C) groups is 1. The van der Waals surface area contributed by atoms with E-state index in [1.54, 1.807) is 10.9 Å². The van der Waals surface area contributed by atoms with E-state index in [9.17, 15) is 4.79 Å². The molecule has 0 spiro atoms. The quantitative estimate of drug-likeness (QED) is 0.636. The predicted octanol–water partition coefficient (Wildman–Crippen LogP) is 1.64. The lowest BCUT2D eigenvalue weighted by atomic mass is 10.1. The minimum Gasteiger partial charge on any atom is -0.382 e. The van der Waals surface area contributed by atoms with Crippen LogP contribution in [0.1, 0.15) is 27.7 Å². The van der Waals surface area contributed by atoms with Gasteiger partial charge < -0.3 is 11.1 Å². The molecule has 7 nitrogen and oxygen atoms in total. The Morgan fingerprint density at radius 3 is 2.58 bits per heavy atom. The van der Waals surface area contributed by atoms with Gasteiger partial charge in [0.15, 0.2) is 0 Å². The molecule has 0 atom stereocenters. The number of carbonyl (C=O) groups is 1. The molecule has 0 radical (unpaired) electrons. The van der Waals surface area contributed by atoms with Gasteiger partial charge in [0.2, 0.25) is 11.6 Å². The van der Waals surface area contributed by atoms with E-state index in [4.69, 9.17) is 5.73 Å². The van der Waals surface area contributed by atoms with Gasteiger partial charge in [0, 0.05) is 25.6 Å². The molecule has 0 saturated heterocycles. The van der Waals surface area contributed by atoms with Crippen molar-refractivity contribution in [2.75, 3.05) is 18.8 Å². The fourth-order valence-corrected chi connectivity index (χ4v) is 2.55. The van der Waals surface area contributed by atoms with Crippen LogP contribution in [0.2, 0.25) is 0 Å². The number of carbonyl (C=O) groups excluding carboxylic acids is 1. The molecule has 3 N–H and O–H groups in total. The molecule has 1 heterocycles. The first-order valence-electron chi connectivity index (χ1n) is 8.19. The standard InChI is InChI=1S/C17H24N6O/c1-5-22(6-2)13-8-9-14(15(10-13)20-12(4)24)21-16-11-19-23(7-3)17(16)18/h8-11H,5-7H2,1-4H3,(H2,18,19,20,24)/p+1. The maximum absolute atomic E-state index is 11.5. The number of aryl methyl sites for hydroxylation is 1. The average molecular weight is 329 g/mol. The van der Waals surface area contributed by atoms with Crippen molar-refractivity contribution in [2.45, 2.75) is 34.2 Å². The van der Waals surface area contributed by atoms with Crippen LogP contribution in [0.3, 0.4) is 0 Å². The molecule has 0 unspecified atom stereocenters. The Balaban J connectivity index is 2.46. The molecule has 0 fully saturated rings. The highest BCUT2D eigenvalue weighted by atomic mass is 16.1. The van der Waals surface area contributed by atoms with Gasteiger partial charge in [0.25, 0.3) is 0 Å². The number of nitrogens with two attached hydrogens (primary N) is 1. The highest BCUT2D eigenvalue weighted by molar-refractivity contribution is 6.21. The first-order valence-corrected chi connectivity index (χ1v) is 8.19. The lowest BCUT2D eigenvalue weighted by Crippen LogP contribution is -2.29. The summed E-state index contributed by atoms with van der Waals surface area (Å²) in [5, 5.41) is 7.05. The lowest BCUT2D eigenvalue weighted by Gasteiger charge is -2.13. The van der Waals surface area contributed by atoms with E-state index in [-0.39, 0.29) is 5.91 Å². The molecule has 0 aliphatic heterocycles. The Hall–Kier alpha value is -2.70. The average Bonchev–Trinajstić information content (AvgIpc) is 2.90. The molecule has 0 saturated carbocycles. The molecule has 1 aliphatic carbocycles. The van der Waals surface area contributed by atoms with Gasteiger partial charge in [-0.3, -0.25) is 4.79 Å². The zero-order chi connectivity index (χ0) is 17.7. The summed E-state index contributed by atoms with van der Waals surface area (Å²) in [5.41, 5.74) is 9.00. The number of aromatic nitrogens is 2. The number of hydrogen-bond acceptors (Lipinski definition) is 4. The molecule has 1 aromatic rings. The number of allylic oxidation sites excluding steroid dienone is 3. The second kappa shape index (κ2) is 7.72. The second-order valence-electron chi connectivity index (χ2n) is 5.40. The van der Waals surface area contributed by atoms with Crippen LogP contribution in [0.25, 0.3) is 0 Å². The minimum absolute atomic E-state index is 0.139. The number of anilines is 1. The number of hydrogen-bond donors (Lipinski definition) is 2. The summed E-state index contributed by atoms with van der Waals surface area (Å²) >= 11 is 0. The van der Waals surface area contributed by atoms with E-state index in [1.807, 2.05) is 25.2 Å². The summed E-state index contributed by atoms with van der Waals surface area (Å²) < 4.78 is 3.89. The topological polar surface area (TPSA) is 88.3 Å². The lowest BCUT2D eigenvalue weighted by molar-refractivity contribution is -0.519. The number of nitrogen functional groups attached to an aromatic ring is 1. The van der Waals surface area contributed by atoms with Crippen molar-refractivity contribution >= 4 is 28.8 Å². The third-order valence-electron chi connectivity index (χ3n) is 3.82. The van der Waals surface area contributed by atoms with Gasteiger partial charge in [0.1, 0.15) is 24.6 Å². The highest BCUT2D eigenvalue weighted by Gasteiger charge is 2.18. The fourth-order valence-electron chi connectivity index (χ4n) is 2.55. The van der Waals surface area contributed by atoms with Crippen molar-refractivity contribution in [3.05, 3.63) is 30.1 Å². The van der Waals surface area contributed by atoms with E-state index in [1.165, 1.54) is 6.92 Å². The Kier molecular flexibility index (Phi) is 5.68. The van der Waals surface area contributed by atoms with Crippen molar-refractivity contribution in [2.24, 2.45) is 4.99 Å². The first-order chi connectivity index (χ1) is 11.5. The van der Waals surface area contributed by atoms with Crippen molar-refractivity contribution in [1.82, 2.24) is 15.1 Å². The van der Waals surface area contributed by atoms with Crippen molar-refractivity contribution in [3.63, 3.8) is 0 Å². The van der Waals surface area contributed by atoms with Gasteiger partial charge in [-0.25, -0.2) is 14.2 Å². The summed E-state index contributed by atoms with van der Waals surface area (Å²) in [5.74, 6) is 0.375. The van der Waals surface area contributed by atoms with Crippen LogP contribution in [0.4, 0.5) is 11.5 Å². The SMILES string of the molecule is CCn1ncc(N=C2C=CC(=[N+](CC)CC)C=C2NC(C)=O)c1N. The Bertz CT molecular complexity index is 745. The molecule has 1 aromatic heterocycles. The molecule has 0 aromatic carbocycles. The molecule has 7 heteroatoms. The summed E-state index contributed by atoms with van der Waals surface area (Å²) in [6, 6.07) is 0. The van der Waals surface area contributed by atoms with E-state index < -0.39 is 0 Å². The minimum atomic E-state index is -0.139. The van der Waals surface area contributed by atoms with Gasteiger partial charge in [-0.1, -0.05) is 0 Å². The number of nitrogens with zero attached hydrogens (tertiary/aromatic N) is 4. The monoisotopic (exact) mass is 329 g/mol. The number of nitrogens with one attached hydrogen (secondary N) is 1. The Labute approximate surface area is 142 Å². The third-order valence-corrected chi connectivity index (χ3v) is 3.82. The molecule has 128 valence electrons. The Morgan fingerprint density at radius 1 is 1.33 bits per heavy atom. The zero-order valence-electron chi connectivity index (χ0n) is 14.7. The number of rotatable bonds is 5. The molecule has 24 heavy (non-hydrogen) atoms. The van der Waals surface area contributed by atoms with Crippen molar-refractivity contribution in [3.8, 4) is 0 Å². The highest BCUT2D eigenvalue weighted by Crippen LogP contribution is 2.23. The van der Waals surface area contributed by atoms with Crippen LogP contribution in [-0.4, -0.2) is 44.8 Å². The molecular formula is C17H25N6O+. The van der Waals surface area contributed by atoms with Crippen LogP contribution in [0.15, 0.2) is 35.1 Å². The normalized spacial score (nSPS) is 15.6. The maximum Gasteiger partial charge on any atom is 0.221 e. The molecular weight excluding hydrogens is 304 g/mol. The van der Waals surface area contributed by atoms with Crippen molar-refractivity contribution in [1.29, 1.82) is 0 Å². The van der Waals surface area contributed by atoms with Gasteiger partial charge in [-0.05, 0) is 26.8 Å². The number of amides is 1. The second-order valence-corrected chi connectivity index (χ2v) is 5.40. The molecule has 2 rings (SSSR count). The molecule has 0 bridgehead atoms. The Morgan fingerprint density at radius 2 is 2.04 bits per heavy atom. The van der Waals surface area contributed by atoms with Crippen LogP contribution < -0.4 is 11.1 Å². The predicted molar refractivity (Wildman–Crippen MR) is 96.8 cm³/mol. The van der Waals surface area contributed by atoms with Crippen LogP contribution in [0, 0.1) is 0 Å². The summed E-state index contributed by atoms with van der Waals surface area (Å²) in [6.07, 6.45) is 7.46. The molecule has 1 aliphatic rings. The van der Waals surface area contributed by atoms with Gasteiger partial charge in [0.05, 0.1) is 17.6 Å². The van der Waals surface area contributed by atoms with Crippen molar-refractivity contribution < 1.29 is 9.37 Å². The van der Waals surface area contributed by atoms with Crippen LogP contribution >= 0.6 is 0 Å². The largest absolute Gasteiger partial charge is 0.382 e. The van der Waals surface area contributed by atoms with Gasteiger partial charge in [-0.2, -0.15) is 5.10 Å². The van der Waals surface area contributed by atoms with E-state index in [0.717, 1.165) is 18.8 Å². The third kappa shape index (κ3) is 3.79. The maximum atomic E-state index is 11.5. The van der Waals surface area contributed by atoms with E-state index in [2.05, 4.69) is 33.8 Å². The van der Waals surface area contributed by atoms with E-state index in [0.29, 0.717) is 29.5 Å². The van der Waals surface area contributed by atoms with Gasteiger partial charge >= 0.3 is 0 Å². The van der Waals surface area contributed by atoms with Crippen LogP contribution in [0.5, 0.6) is 0 Å². The fraction of sp³-hybridized carbons (Fsp3) is 0.412. The zero-order valence-corrected chi connectivity index (χ0v) is 14.7. The first kappa shape index (κ1) is 17.7. The summed E-state index contributed by atoms with van der Waals surface area (Å²) in [4.78, 5) is 16.1. The summed E-state index contributed by atoms with van der Waals surface area (Å²) in [6.45, 7) is 10.1. The molecule has 1 amide bonds. The van der Waals surface area contributed by atoms with Crippen LogP contribution in [-0.2, 0) is 11.3 Å². The van der Waals surface area contributed by atoms with E-state index >= 15 is 0 Å². The summed E-state index contributed by atoms with van der Waals surface area (Å²) in [7, 11) is 0. The smallest absolute Gasteiger partial charge is 0.221 e. The van der Waals surface area contributed by atoms with Gasteiger partial charge in [-0.15, -0.1) is 0 Å².